The van der Waals surface area contributed by atoms with Crippen LogP contribution in [0.5, 0.6) is 5.88 Å². The molecule has 2 rings (SSSR count). The summed E-state index contributed by atoms with van der Waals surface area (Å²) >= 11 is 0. The van der Waals surface area contributed by atoms with Crippen LogP contribution in [0.2, 0.25) is 0 Å². The van der Waals surface area contributed by atoms with Crippen molar-refractivity contribution in [2.75, 3.05) is 5.43 Å². The summed E-state index contributed by atoms with van der Waals surface area (Å²) in [5.41, 5.74) is 1.88. The van der Waals surface area contributed by atoms with Crippen LogP contribution < -0.4 is 16.0 Å². The van der Waals surface area contributed by atoms with Gasteiger partial charge < -0.3 is 10.2 Å². The molecule has 1 aliphatic rings. The fraction of sp³-hybridized carbons (Fsp3) is 0.667. The molecule has 0 radical (unpaired) electrons. The number of hydrazine groups is 1. The van der Waals surface area contributed by atoms with Crippen molar-refractivity contribution < 1.29 is 9.66 Å². The molecule has 1 heterocycles. The lowest BCUT2D eigenvalue weighted by molar-refractivity contribution is -0.385. The Morgan fingerprint density at radius 3 is 2.55 bits per heavy atom. The summed E-state index contributed by atoms with van der Waals surface area (Å²) < 4.78 is 5.74. The van der Waals surface area contributed by atoms with Crippen LogP contribution in [0.15, 0.2) is 6.33 Å². The first kappa shape index (κ1) is 14.4. The molecule has 1 aromatic heterocycles. The van der Waals surface area contributed by atoms with Crippen molar-refractivity contribution in [3.63, 3.8) is 0 Å². The van der Waals surface area contributed by atoms with E-state index in [4.69, 9.17) is 10.6 Å². The summed E-state index contributed by atoms with van der Waals surface area (Å²) in [7, 11) is 0. The van der Waals surface area contributed by atoms with Crippen molar-refractivity contribution in [1.29, 1.82) is 0 Å². The monoisotopic (exact) mass is 281 g/mol. The number of nitrogen functional groups attached to an aromatic ring is 1. The molecule has 8 heteroatoms. The minimum absolute atomic E-state index is 0.0238. The molecule has 0 aromatic carbocycles. The number of nitrogens with two attached hydrogens (primary N) is 1. The maximum Gasteiger partial charge on any atom is 0.374 e. The first-order valence-electron chi connectivity index (χ1n) is 6.64. The molecule has 0 bridgehead atoms. The molecule has 3 N–H and O–H groups in total. The highest BCUT2D eigenvalue weighted by Gasteiger charge is 2.30. The van der Waals surface area contributed by atoms with Crippen LogP contribution in [0.1, 0.15) is 33.1 Å². The van der Waals surface area contributed by atoms with Crippen molar-refractivity contribution in [3.05, 3.63) is 16.4 Å². The van der Waals surface area contributed by atoms with Crippen LogP contribution in [0.3, 0.4) is 0 Å². The van der Waals surface area contributed by atoms with Gasteiger partial charge in [-0.15, -0.1) is 0 Å². The molecule has 0 aliphatic heterocycles. The van der Waals surface area contributed by atoms with Gasteiger partial charge in [-0.2, -0.15) is 4.98 Å². The van der Waals surface area contributed by atoms with Crippen LogP contribution in [0.25, 0.3) is 0 Å². The predicted octanol–water partition coefficient (Wildman–Crippen LogP) is 1.87. The summed E-state index contributed by atoms with van der Waals surface area (Å²) in [5, 5.41) is 11.1. The van der Waals surface area contributed by atoms with Crippen molar-refractivity contribution in [2.45, 2.75) is 39.2 Å². The van der Waals surface area contributed by atoms with Gasteiger partial charge in [0.2, 0.25) is 5.82 Å². The molecule has 2 atom stereocenters. The summed E-state index contributed by atoms with van der Waals surface area (Å²) in [4.78, 5) is 18.2. The van der Waals surface area contributed by atoms with E-state index in [0.29, 0.717) is 11.8 Å². The Labute approximate surface area is 116 Å². The Balaban J connectivity index is 2.22. The van der Waals surface area contributed by atoms with E-state index in [-0.39, 0.29) is 23.5 Å². The average Bonchev–Trinajstić information content (AvgIpc) is 2.36. The van der Waals surface area contributed by atoms with Gasteiger partial charge in [-0.05, 0) is 31.1 Å². The highest BCUT2D eigenvalue weighted by Crippen LogP contribution is 2.35. The van der Waals surface area contributed by atoms with Crippen molar-refractivity contribution >= 4 is 11.5 Å². The minimum Gasteiger partial charge on any atom is -0.469 e. The van der Waals surface area contributed by atoms with Crippen LogP contribution >= 0.6 is 0 Å². The smallest absolute Gasteiger partial charge is 0.374 e. The SMILES string of the molecule is CC1CC(C)CC(Oc2ncnc(NN)c2[N+](=O)[O-])C1. The molecular formula is C12H19N5O3. The zero-order valence-corrected chi connectivity index (χ0v) is 11.6. The third-order valence-corrected chi connectivity index (χ3v) is 3.52. The number of rotatable bonds is 4. The van der Waals surface area contributed by atoms with Gasteiger partial charge in [-0.25, -0.2) is 10.8 Å². The van der Waals surface area contributed by atoms with Gasteiger partial charge in [0.25, 0.3) is 5.88 Å². The molecule has 1 saturated carbocycles. The van der Waals surface area contributed by atoms with Crippen LogP contribution in [-0.2, 0) is 0 Å². The second-order valence-corrected chi connectivity index (χ2v) is 5.43. The molecule has 8 nitrogen and oxygen atoms in total. The van der Waals surface area contributed by atoms with E-state index in [0.717, 1.165) is 19.3 Å². The lowest BCUT2D eigenvalue weighted by atomic mass is 9.82. The van der Waals surface area contributed by atoms with Gasteiger partial charge in [0, 0.05) is 0 Å². The van der Waals surface area contributed by atoms with E-state index in [1.54, 1.807) is 0 Å². The average molecular weight is 281 g/mol. The van der Waals surface area contributed by atoms with E-state index in [1.165, 1.54) is 6.33 Å². The van der Waals surface area contributed by atoms with Crippen molar-refractivity contribution in [1.82, 2.24) is 9.97 Å². The number of nitrogens with one attached hydrogen (secondary N) is 1. The van der Waals surface area contributed by atoms with Crippen LogP contribution in [-0.4, -0.2) is 21.0 Å². The quantitative estimate of drug-likeness (QED) is 0.491. The Morgan fingerprint density at radius 2 is 2.00 bits per heavy atom. The summed E-state index contributed by atoms with van der Waals surface area (Å²) in [6.45, 7) is 4.32. The zero-order valence-electron chi connectivity index (χ0n) is 11.6. The molecule has 1 aromatic rings. The molecule has 110 valence electrons. The van der Waals surface area contributed by atoms with Gasteiger partial charge in [-0.3, -0.25) is 10.1 Å². The lowest BCUT2D eigenvalue weighted by Gasteiger charge is -2.31. The Morgan fingerprint density at radius 1 is 1.35 bits per heavy atom. The molecule has 1 fully saturated rings. The van der Waals surface area contributed by atoms with E-state index >= 15 is 0 Å². The second-order valence-electron chi connectivity index (χ2n) is 5.43. The highest BCUT2D eigenvalue weighted by molar-refractivity contribution is 5.60. The predicted molar refractivity (Wildman–Crippen MR) is 73.1 cm³/mol. The number of hydrogen-bond donors (Lipinski definition) is 2. The largest absolute Gasteiger partial charge is 0.469 e. The van der Waals surface area contributed by atoms with Crippen molar-refractivity contribution in [3.8, 4) is 5.88 Å². The number of aromatic nitrogens is 2. The lowest BCUT2D eigenvalue weighted by Crippen LogP contribution is -2.29. The van der Waals surface area contributed by atoms with Crippen LogP contribution in [0, 0.1) is 22.0 Å². The van der Waals surface area contributed by atoms with E-state index in [9.17, 15) is 10.1 Å². The number of hydrogen-bond acceptors (Lipinski definition) is 7. The normalized spacial score (nSPS) is 26.1. The van der Waals surface area contributed by atoms with E-state index in [2.05, 4.69) is 29.2 Å². The molecule has 0 saturated heterocycles. The van der Waals surface area contributed by atoms with Gasteiger partial charge in [0.15, 0.2) is 0 Å². The number of nitro groups is 1. The fourth-order valence-corrected chi connectivity index (χ4v) is 2.85. The third-order valence-electron chi connectivity index (χ3n) is 3.52. The van der Waals surface area contributed by atoms with Gasteiger partial charge >= 0.3 is 5.69 Å². The van der Waals surface area contributed by atoms with E-state index < -0.39 is 4.92 Å². The Bertz CT molecular complexity index is 486. The molecular weight excluding hydrogens is 262 g/mol. The van der Waals surface area contributed by atoms with Gasteiger partial charge in [0.1, 0.15) is 12.4 Å². The molecule has 0 amide bonds. The van der Waals surface area contributed by atoms with E-state index in [1.807, 2.05) is 0 Å². The molecule has 0 spiro atoms. The maximum atomic E-state index is 11.1. The number of nitrogens with zero attached hydrogens (tertiary/aromatic N) is 3. The zero-order chi connectivity index (χ0) is 14.7. The van der Waals surface area contributed by atoms with Crippen LogP contribution in [0.4, 0.5) is 11.5 Å². The Kier molecular flexibility index (Phi) is 4.33. The van der Waals surface area contributed by atoms with Gasteiger partial charge in [-0.1, -0.05) is 13.8 Å². The minimum atomic E-state index is -0.583. The standard InChI is InChI=1S/C12H19N5O3/c1-7-3-8(2)5-9(4-7)20-12-10(17(18)19)11(16-13)14-6-15-12/h6-9H,3-5,13H2,1-2H3,(H,14,15,16). The third kappa shape index (κ3) is 3.13. The molecule has 2 unspecified atom stereocenters. The number of ether oxygens (including phenoxy) is 1. The Hall–Kier alpha value is -1.96. The summed E-state index contributed by atoms with van der Waals surface area (Å²) in [6, 6.07) is 0. The second kappa shape index (κ2) is 6.00. The fourth-order valence-electron chi connectivity index (χ4n) is 2.85. The molecule has 20 heavy (non-hydrogen) atoms. The first-order chi connectivity index (χ1) is 9.51. The molecule has 1 aliphatic carbocycles. The topological polar surface area (TPSA) is 116 Å². The first-order valence-corrected chi connectivity index (χ1v) is 6.64. The summed E-state index contributed by atoms with van der Waals surface area (Å²) in [5.74, 6) is 6.24. The van der Waals surface area contributed by atoms with Gasteiger partial charge in [0.05, 0.1) is 4.92 Å². The summed E-state index contributed by atoms with van der Waals surface area (Å²) in [6.07, 6.45) is 4.04. The van der Waals surface area contributed by atoms with Crippen molar-refractivity contribution in [2.24, 2.45) is 17.7 Å². The highest BCUT2D eigenvalue weighted by atomic mass is 16.6. The maximum absolute atomic E-state index is 11.1. The number of anilines is 1.